The average Bonchev–Trinajstić information content (AvgIpc) is 2.50. The highest BCUT2D eigenvalue weighted by Crippen LogP contribution is 2.24. The van der Waals surface area contributed by atoms with Crippen molar-refractivity contribution in [2.75, 3.05) is 0 Å². The summed E-state index contributed by atoms with van der Waals surface area (Å²) in [7, 11) is 0. The number of allylic oxidation sites excluding steroid dienone is 1. The molecule has 1 heteroatoms. The smallest absolute Gasteiger partial charge is 0.187 e. The van der Waals surface area contributed by atoms with E-state index in [9.17, 15) is 0 Å². The summed E-state index contributed by atoms with van der Waals surface area (Å²) in [5.41, 5.74) is 3.27. The van der Waals surface area contributed by atoms with Crippen molar-refractivity contribution in [1.82, 2.24) is 0 Å². The van der Waals surface area contributed by atoms with Gasteiger partial charge in [-0.05, 0) is 23.6 Å². The molecular weight excluding hydrogens is 134 g/mol. The monoisotopic (exact) mass is 141 g/mol. The Morgan fingerprint density at radius 1 is 1.36 bits per heavy atom. The zero-order valence-electron chi connectivity index (χ0n) is 6.04. The van der Waals surface area contributed by atoms with E-state index in [2.05, 4.69) is 17.0 Å². The van der Waals surface area contributed by atoms with Gasteiger partial charge in [-0.3, -0.25) is 0 Å². The maximum atomic E-state index is 6.81. The van der Waals surface area contributed by atoms with Gasteiger partial charge in [-0.1, -0.05) is 24.3 Å². The largest absolute Gasteiger partial charge is 0.238 e. The Kier molecular flexibility index (Phi) is 1.26. The first-order chi connectivity index (χ1) is 5.40. The van der Waals surface area contributed by atoms with Gasteiger partial charge in [0.25, 0.3) is 0 Å². The molecule has 0 saturated heterocycles. The molecule has 0 amide bonds. The molecule has 0 fully saturated rings. The molecule has 0 atom stereocenters. The maximum Gasteiger partial charge on any atom is 0.187 e. The molecule has 0 unspecified atom stereocenters. The second-order valence-corrected chi connectivity index (χ2v) is 2.60. The molecule has 1 aliphatic rings. The predicted molar refractivity (Wildman–Crippen MR) is 45.4 cm³/mol. The molecule has 0 saturated carbocycles. The van der Waals surface area contributed by atoms with Gasteiger partial charge in [0.05, 0.1) is 6.57 Å². The molecule has 52 valence electrons. The van der Waals surface area contributed by atoms with Gasteiger partial charge >= 0.3 is 0 Å². The maximum absolute atomic E-state index is 6.81. The third-order valence-electron chi connectivity index (χ3n) is 1.89. The van der Waals surface area contributed by atoms with E-state index in [0.717, 1.165) is 12.1 Å². The molecule has 11 heavy (non-hydrogen) atoms. The van der Waals surface area contributed by atoms with Crippen LogP contribution in [0.1, 0.15) is 11.1 Å². The number of hydrogen-bond acceptors (Lipinski definition) is 0. The lowest BCUT2D eigenvalue weighted by Gasteiger charge is -1.96. The van der Waals surface area contributed by atoms with E-state index >= 15 is 0 Å². The third-order valence-corrected chi connectivity index (χ3v) is 1.89. The Hall–Kier alpha value is -1.55. The zero-order valence-corrected chi connectivity index (χ0v) is 6.04. The number of nitrogens with zero attached hydrogens (tertiary/aromatic N) is 1. The Bertz CT molecular complexity index is 356. The summed E-state index contributed by atoms with van der Waals surface area (Å²) >= 11 is 0. The topological polar surface area (TPSA) is 4.36 Å². The van der Waals surface area contributed by atoms with Crippen LogP contribution in [0.4, 0.5) is 5.69 Å². The fraction of sp³-hybridized carbons (Fsp3) is 0.100. The van der Waals surface area contributed by atoms with Crippen LogP contribution in [0.5, 0.6) is 0 Å². The Labute approximate surface area is 65.8 Å². The first-order valence-electron chi connectivity index (χ1n) is 3.57. The lowest BCUT2D eigenvalue weighted by molar-refractivity contribution is 1.31. The van der Waals surface area contributed by atoms with Crippen molar-refractivity contribution in [2.45, 2.75) is 6.42 Å². The number of fused-ring (bicyclic) bond motifs is 1. The van der Waals surface area contributed by atoms with Crippen molar-refractivity contribution in [1.29, 1.82) is 0 Å². The number of benzene rings is 1. The molecule has 1 aromatic rings. The van der Waals surface area contributed by atoms with Gasteiger partial charge in [0.1, 0.15) is 0 Å². The van der Waals surface area contributed by atoms with Crippen LogP contribution in [0.3, 0.4) is 0 Å². The van der Waals surface area contributed by atoms with Crippen molar-refractivity contribution in [2.24, 2.45) is 0 Å². The van der Waals surface area contributed by atoms with Crippen molar-refractivity contribution in [3.8, 4) is 0 Å². The van der Waals surface area contributed by atoms with Gasteiger partial charge in [-0.2, -0.15) is 0 Å². The summed E-state index contributed by atoms with van der Waals surface area (Å²) in [6.45, 7) is 6.81. The highest BCUT2D eigenvalue weighted by molar-refractivity contribution is 5.65. The summed E-state index contributed by atoms with van der Waals surface area (Å²) in [6, 6.07) is 5.84. The normalized spacial score (nSPS) is 12.6. The van der Waals surface area contributed by atoms with Gasteiger partial charge in [0.2, 0.25) is 0 Å². The lowest BCUT2D eigenvalue weighted by atomic mass is 10.1. The summed E-state index contributed by atoms with van der Waals surface area (Å²) in [6.07, 6.45) is 5.22. The van der Waals surface area contributed by atoms with Gasteiger partial charge in [-0.15, -0.1) is 0 Å². The Morgan fingerprint density at radius 2 is 2.27 bits per heavy atom. The number of hydrogen-bond donors (Lipinski definition) is 0. The van der Waals surface area contributed by atoms with Crippen LogP contribution in [0.25, 0.3) is 10.9 Å². The van der Waals surface area contributed by atoms with Gasteiger partial charge in [0, 0.05) is 0 Å². The number of rotatable bonds is 0. The highest BCUT2D eigenvalue weighted by Gasteiger charge is 2.03. The van der Waals surface area contributed by atoms with E-state index in [0.29, 0.717) is 0 Å². The third kappa shape index (κ3) is 0.929. The predicted octanol–water partition coefficient (Wildman–Crippen LogP) is 2.81. The van der Waals surface area contributed by atoms with Crippen LogP contribution in [0, 0.1) is 6.57 Å². The van der Waals surface area contributed by atoms with Crippen molar-refractivity contribution in [3.63, 3.8) is 0 Å². The van der Waals surface area contributed by atoms with Crippen molar-refractivity contribution < 1.29 is 0 Å². The molecule has 0 radical (unpaired) electrons. The second-order valence-electron chi connectivity index (χ2n) is 2.60. The van der Waals surface area contributed by atoms with E-state index in [1.165, 1.54) is 11.1 Å². The quantitative estimate of drug-likeness (QED) is 0.489. The summed E-state index contributed by atoms with van der Waals surface area (Å²) in [4.78, 5) is 3.36. The van der Waals surface area contributed by atoms with Crippen LogP contribution in [-0.2, 0) is 6.42 Å². The average molecular weight is 141 g/mol. The highest BCUT2D eigenvalue weighted by atomic mass is 14.6. The lowest BCUT2D eigenvalue weighted by Crippen LogP contribution is -1.78. The molecule has 1 aromatic carbocycles. The molecule has 1 aliphatic carbocycles. The fourth-order valence-corrected chi connectivity index (χ4v) is 1.31. The van der Waals surface area contributed by atoms with E-state index in [1.807, 2.05) is 18.2 Å². The second kappa shape index (κ2) is 2.25. The molecule has 1 nitrogen and oxygen atoms in total. The molecule has 0 aliphatic heterocycles. The minimum Gasteiger partial charge on any atom is -0.238 e. The summed E-state index contributed by atoms with van der Waals surface area (Å²) < 4.78 is 0. The molecule has 0 heterocycles. The van der Waals surface area contributed by atoms with Crippen LogP contribution in [-0.4, -0.2) is 0 Å². The van der Waals surface area contributed by atoms with E-state index in [-0.39, 0.29) is 0 Å². The van der Waals surface area contributed by atoms with E-state index < -0.39 is 0 Å². The molecule has 0 spiro atoms. The van der Waals surface area contributed by atoms with E-state index in [4.69, 9.17) is 6.57 Å². The molecule has 0 bridgehead atoms. The van der Waals surface area contributed by atoms with Gasteiger partial charge in [-0.25, -0.2) is 4.85 Å². The minimum atomic E-state index is 0.732. The molecule has 0 N–H and O–H groups in total. The van der Waals surface area contributed by atoms with Crippen LogP contribution >= 0.6 is 0 Å². The van der Waals surface area contributed by atoms with Gasteiger partial charge in [0.15, 0.2) is 5.69 Å². The molecular formula is C10H7N. The van der Waals surface area contributed by atoms with Crippen LogP contribution in [0.2, 0.25) is 0 Å². The zero-order chi connectivity index (χ0) is 7.68. The first-order valence-corrected chi connectivity index (χ1v) is 3.57. The van der Waals surface area contributed by atoms with Crippen molar-refractivity contribution >= 4 is 11.8 Å². The summed E-state index contributed by atoms with van der Waals surface area (Å²) in [5.74, 6) is 0. The standard InChI is InChI=1S/C10H7N/c1-11-10-6-5-8-3-2-4-9(8)7-10/h2,4-7H,3H2. The summed E-state index contributed by atoms with van der Waals surface area (Å²) in [5, 5.41) is 0. The Balaban J connectivity index is 2.58. The molecule has 0 aromatic heterocycles. The Morgan fingerprint density at radius 3 is 3.09 bits per heavy atom. The SMILES string of the molecule is [C-]#[N+]c1ccc2c(c1)C=CC2. The van der Waals surface area contributed by atoms with Gasteiger partial charge < -0.3 is 0 Å². The van der Waals surface area contributed by atoms with Crippen molar-refractivity contribution in [3.05, 3.63) is 46.8 Å². The minimum absolute atomic E-state index is 0.732. The van der Waals surface area contributed by atoms with Crippen LogP contribution < -0.4 is 0 Å². The first kappa shape index (κ1) is 6.18. The van der Waals surface area contributed by atoms with Crippen LogP contribution in [0.15, 0.2) is 24.3 Å². The molecule has 2 rings (SSSR count). The van der Waals surface area contributed by atoms with E-state index in [1.54, 1.807) is 0 Å². The fourth-order valence-electron chi connectivity index (χ4n) is 1.31.